The van der Waals surface area contributed by atoms with Crippen LogP contribution in [0.25, 0.3) is 5.57 Å². The highest BCUT2D eigenvalue weighted by Crippen LogP contribution is 2.47. The first kappa shape index (κ1) is 30.3. The van der Waals surface area contributed by atoms with Crippen LogP contribution in [0.4, 0.5) is 0 Å². The third-order valence-electron chi connectivity index (χ3n) is 7.53. The van der Waals surface area contributed by atoms with Gasteiger partial charge in [0.05, 0.1) is 5.56 Å². The molecule has 0 spiro atoms. The Balaban J connectivity index is 0.00000112. The molecule has 0 heterocycles. The van der Waals surface area contributed by atoms with E-state index in [-0.39, 0.29) is 16.8 Å². The topological polar surface area (TPSA) is 66.8 Å². The summed E-state index contributed by atoms with van der Waals surface area (Å²) in [5.74, 6) is -1.10. The third-order valence-corrected chi connectivity index (χ3v) is 7.53. The first-order valence-corrected chi connectivity index (χ1v) is 13.3. The molecule has 0 unspecified atom stereocenters. The van der Waals surface area contributed by atoms with Gasteiger partial charge in [0, 0.05) is 13.5 Å². The van der Waals surface area contributed by atoms with Crippen LogP contribution in [-0.4, -0.2) is 48.2 Å². The summed E-state index contributed by atoms with van der Waals surface area (Å²) in [7, 11) is 0. The Morgan fingerprint density at radius 1 is 0.946 bits per heavy atom. The van der Waals surface area contributed by atoms with E-state index in [0.717, 1.165) is 37.7 Å². The molecule has 0 saturated carbocycles. The lowest BCUT2D eigenvalue weighted by molar-refractivity contribution is -0.134. The highest BCUT2D eigenvalue weighted by Gasteiger charge is 2.37. The molecule has 0 bridgehead atoms. The minimum Gasteiger partial charge on any atom is -0.481 e. The molecule has 1 aliphatic rings. The van der Waals surface area contributed by atoms with Crippen molar-refractivity contribution in [2.75, 3.05) is 26.2 Å². The Kier molecular flexibility index (Phi) is 10.3. The highest BCUT2D eigenvalue weighted by atomic mass is 16.5. The maximum absolute atomic E-state index is 12.4. The Hall–Kier alpha value is -2.92. The van der Waals surface area contributed by atoms with Gasteiger partial charge in [-0.05, 0) is 89.2 Å². The number of ether oxygens (including phenoxy) is 1. The number of hydrogen-bond acceptors (Lipinski definition) is 4. The normalized spacial score (nSPS) is 15.3. The summed E-state index contributed by atoms with van der Waals surface area (Å²) < 4.78 is 5.47. The molecule has 2 aromatic rings. The van der Waals surface area contributed by atoms with Crippen molar-refractivity contribution >= 4 is 17.5 Å². The standard InChI is InChI=1S/C30H41NO2.C2H4O2/c1-9-31(10-2)17-18-33-28(32)24-13-11-23(12-14-24)22(4)25-20-27-26(19-21(25)3)29(5,6)15-16-30(27,7)8;1-2(3)4/h11-14,19-20H,4,9-10,15-18H2,1-3,5-8H3;1H3,(H,3,4). The SMILES string of the molecule is C=C(c1ccc(C(=O)OCCN(CC)CC)cc1)c1cc2c(cc1C)C(C)(C)CCC2(C)C.CC(=O)O. The van der Waals surface area contributed by atoms with E-state index in [2.05, 4.69) is 72.1 Å². The summed E-state index contributed by atoms with van der Waals surface area (Å²) in [5, 5.41) is 7.42. The lowest BCUT2D eigenvalue weighted by Crippen LogP contribution is -2.34. The van der Waals surface area contributed by atoms with E-state index < -0.39 is 5.97 Å². The van der Waals surface area contributed by atoms with E-state index in [0.29, 0.717) is 12.2 Å². The molecule has 1 aliphatic carbocycles. The number of aryl methyl sites for hydroxylation is 1. The molecule has 5 nitrogen and oxygen atoms in total. The van der Waals surface area contributed by atoms with Crippen LogP contribution in [0, 0.1) is 6.92 Å². The van der Waals surface area contributed by atoms with E-state index >= 15 is 0 Å². The fourth-order valence-corrected chi connectivity index (χ4v) is 4.90. The van der Waals surface area contributed by atoms with Gasteiger partial charge in [-0.25, -0.2) is 4.79 Å². The van der Waals surface area contributed by atoms with Crippen molar-refractivity contribution in [2.45, 2.75) is 79.1 Å². The zero-order valence-corrected chi connectivity index (χ0v) is 24.0. The van der Waals surface area contributed by atoms with E-state index in [9.17, 15) is 4.79 Å². The number of carboxylic acid groups (broad SMARTS) is 1. The van der Waals surface area contributed by atoms with Crippen molar-refractivity contribution in [3.63, 3.8) is 0 Å². The van der Waals surface area contributed by atoms with E-state index in [1.165, 1.54) is 35.1 Å². The largest absolute Gasteiger partial charge is 0.481 e. The van der Waals surface area contributed by atoms with E-state index in [1.807, 2.05) is 24.3 Å². The number of benzene rings is 2. The van der Waals surface area contributed by atoms with Gasteiger partial charge in [0.1, 0.15) is 6.61 Å². The lowest BCUT2D eigenvalue weighted by atomic mass is 9.62. The van der Waals surface area contributed by atoms with Crippen molar-refractivity contribution in [3.8, 4) is 0 Å². The van der Waals surface area contributed by atoms with Gasteiger partial charge in [-0.2, -0.15) is 0 Å². The minimum absolute atomic E-state index is 0.159. The van der Waals surface area contributed by atoms with Crippen molar-refractivity contribution < 1.29 is 19.4 Å². The fraction of sp³-hybridized carbons (Fsp3) is 0.500. The second-order valence-corrected chi connectivity index (χ2v) is 11.2. The Morgan fingerprint density at radius 3 is 1.89 bits per heavy atom. The Labute approximate surface area is 223 Å². The molecule has 2 aromatic carbocycles. The molecular formula is C32H45NO4. The van der Waals surface area contributed by atoms with Crippen molar-refractivity contribution in [2.24, 2.45) is 0 Å². The molecule has 3 rings (SSSR count). The zero-order chi connectivity index (χ0) is 28.0. The van der Waals surface area contributed by atoms with Gasteiger partial charge in [0.15, 0.2) is 0 Å². The molecule has 1 N–H and O–H groups in total. The molecule has 0 fully saturated rings. The predicted molar refractivity (Wildman–Crippen MR) is 152 cm³/mol. The molecule has 0 radical (unpaired) electrons. The van der Waals surface area contributed by atoms with Gasteiger partial charge < -0.3 is 14.7 Å². The molecular weight excluding hydrogens is 462 g/mol. The van der Waals surface area contributed by atoms with Gasteiger partial charge in [-0.15, -0.1) is 0 Å². The molecule has 0 aromatic heterocycles. The Morgan fingerprint density at radius 2 is 1.41 bits per heavy atom. The summed E-state index contributed by atoms with van der Waals surface area (Å²) in [5.41, 5.74) is 8.32. The molecule has 0 amide bonds. The van der Waals surface area contributed by atoms with Gasteiger partial charge >= 0.3 is 5.97 Å². The molecule has 0 atom stereocenters. The smallest absolute Gasteiger partial charge is 0.338 e. The first-order valence-electron chi connectivity index (χ1n) is 13.3. The van der Waals surface area contributed by atoms with Crippen molar-refractivity contribution in [1.29, 1.82) is 0 Å². The maximum Gasteiger partial charge on any atom is 0.338 e. The lowest BCUT2D eigenvalue weighted by Gasteiger charge is -2.42. The molecule has 0 aliphatic heterocycles. The number of aliphatic carboxylic acids is 1. The second-order valence-electron chi connectivity index (χ2n) is 11.2. The third kappa shape index (κ3) is 7.78. The number of fused-ring (bicyclic) bond motifs is 1. The van der Waals surface area contributed by atoms with Gasteiger partial charge in [0.25, 0.3) is 5.97 Å². The van der Waals surface area contributed by atoms with Crippen LogP contribution in [0.15, 0.2) is 43.0 Å². The number of carboxylic acids is 1. The van der Waals surface area contributed by atoms with Crippen LogP contribution in [0.3, 0.4) is 0 Å². The van der Waals surface area contributed by atoms with Crippen LogP contribution in [0.2, 0.25) is 0 Å². The number of carbonyl (C=O) groups is 2. The number of nitrogens with zero attached hydrogens (tertiary/aromatic N) is 1. The average Bonchev–Trinajstić information content (AvgIpc) is 2.84. The number of hydrogen-bond donors (Lipinski definition) is 1. The molecule has 0 saturated heterocycles. The average molecular weight is 508 g/mol. The van der Waals surface area contributed by atoms with Crippen LogP contribution in [0.1, 0.15) is 99.5 Å². The van der Waals surface area contributed by atoms with E-state index in [1.54, 1.807) is 0 Å². The summed E-state index contributed by atoms with van der Waals surface area (Å²) >= 11 is 0. The van der Waals surface area contributed by atoms with Crippen molar-refractivity contribution in [3.05, 3.63) is 76.4 Å². The zero-order valence-electron chi connectivity index (χ0n) is 24.0. The monoisotopic (exact) mass is 507 g/mol. The quantitative estimate of drug-likeness (QED) is 0.390. The maximum atomic E-state index is 12.4. The summed E-state index contributed by atoms with van der Waals surface area (Å²) in [6.07, 6.45) is 2.40. The second kappa shape index (κ2) is 12.6. The van der Waals surface area contributed by atoms with Gasteiger partial charge in [-0.3, -0.25) is 4.79 Å². The fourth-order valence-electron chi connectivity index (χ4n) is 4.90. The predicted octanol–water partition coefficient (Wildman–Crippen LogP) is 7.00. The summed E-state index contributed by atoms with van der Waals surface area (Å²) in [6, 6.07) is 12.4. The molecule has 37 heavy (non-hydrogen) atoms. The van der Waals surface area contributed by atoms with Gasteiger partial charge in [0.2, 0.25) is 0 Å². The van der Waals surface area contributed by atoms with Crippen LogP contribution >= 0.6 is 0 Å². The van der Waals surface area contributed by atoms with Crippen molar-refractivity contribution in [1.82, 2.24) is 4.90 Å². The summed E-state index contributed by atoms with van der Waals surface area (Å²) in [6.45, 7) is 24.4. The van der Waals surface area contributed by atoms with Crippen LogP contribution in [0.5, 0.6) is 0 Å². The Bertz CT molecular complexity index is 1100. The van der Waals surface area contributed by atoms with Crippen LogP contribution < -0.4 is 0 Å². The number of esters is 1. The number of rotatable bonds is 8. The molecule has 5 heteroatoms. The van der Waals surface area contributed by atoms with E-state index in [4.69, 9.17) is 14.6 Å². The van der Waals surface area contributed by atoms with Crippen LogP contribution in [-0.2, 0) is 20.4 Å². The molecule has 202 valence electrons. The minimum atomic E-state index is -0.833. The summed E-state index contributed by atoms with van der Waals surface area (Å²) in [4.78, 5) is 23.7. The number of likely N-dealkylation sites (N-methyl/N-ethyl adjacent to an activating group) is 1. The first-order chi connectivity index (χ1) is 17.2. The van der Waals surface area contributed by atoms with Gasteiger partial charge in [-0.1, -0.05) is 72.4 Å². The number of carbonyl (C=O) groups excluding carboxylic acids is 1. The highest BCUT2D eigenvalue weighted by molar-refractivity contribution is 5.90.